The molecule has 9 heteroatoms. The first-order valence-corrected chi connectivity index (χ1v) is 11.0. The second-order valence-corrected chi connectivity index (χ2v) is 7.82. The number of methoxy groups -OCH3 is 2. The van der Waals surface area contributed by atoms with Crippen LogP contribution < -0.4 is 14.8 Å². The average Bonchev–Trinajstić information content (AvgIpc) is 3.20. The quantitative estimate of drug-likeness (QED) is 0.479. The molecule has 0 aliphatic rings. The fourth-order valence-corrected chi connectivity index (χ4v) is 3.98. The summed E-state index contributed by atoms with van der Waals surface area (Å²) in [5.74, 6) is 2.32. The zero-order valence-electron chi connectivity index (χ0n) is 18.2. The number of pyridine rings is 1. The van der Waals surface area contributed by atoms with Crippen LogP contribution in [0.2, 0.25) is 0 Å². The van der Waals surface area contributed by atoms with Crippen LogP contribution in [0.15, 0.2) is 47.9 Å². The first kappa shape index (κ1) is 22.6. The van der Waals surface area contributed by atoms with Crippen molar-refractivity contribution in [1.82, 2.24) is 25.1 Å². The van der Waals surface area contributed by atoms with Crippen molar-refractivity contribution in [2.24, 2.45) is 0 Å². The highest BCUT2D eigenvalue weighted by molar-refractivity contribution is 7.99. The predicted octanol–water partition coefficient (Wildman–Crippen LogP) is 3.74. The van der Waals surface area contributed by atoms with Crippen molar-refractivity contribution in [3.05, 3.63) is 48.3 Å². The van der Waals surface area contributed by atoms with E-state index in [9.17, 15) is 4.79 Å². The van der Waals surface area contributed by atoms with E-state index in [1.807, 2.05) is 41.8 Å². The average molecular weight is 442 g/mol. The molecule has 0 bridgehead atoms. The Kier molecular flexibility index (Phi) is 7.88. The van der Waals surface area contributed by atoms with Crippen LogP contribution in [0, 0.1) is 0 Å². The molecule has 164 valence electrons. The van der Waals surface area contributed by atoms with Gasteiger partial charge in [0, 0.05) is 30.1 Å². The lowest BCUT2D eigenvalue weighted by atomic mass is 10.1. The second-order valence-electron chi connectivity index (χ2n) is 6.88. The lowest BCUT2D eigenvalue weighted by Gasteiger charge is -2.18. The minimum Gasteiger partial charge on any atom is -0.497 e. The van der Waals surface area contributed by atoms with Crippen molar-refractivity contribution in [1.29, 1.82) is 0 Å². The van der Waals surface area contributed by atoms with Gasteiger partial charge in [-0.2, -0.15) is 0 Å². The lowest BCUT2D eigenvalue weighted by Crippen LogP contribution is -2.28. The molecule has 0 radical (unpaired) electrons. The van der Waals surface area contributed by atoms with Crippen LogP contribution in [0.25, 0.3) is 11.4 Å². The van der Waals surface area contributed by atoms with Crippen LogP contribution in [0.4, 0.5) is 0 Å². The molecule has 0 saturated heterocycles. The minimum atomic E-state index is -0.237. The number of amides is 1. The third-order valence-electron chi connectivity index (χ3n) is 4.72. The van der Waals surface area contributed by atoms with Crippen molar-refractivity contribution in [3.63, 3.8) is 0 Å². The number of nitrogens with one attached hydrogen (secondary N) is 1. The van der Waals surface area contributed by atoms with Crippen molar-refractivity contribution in [2.75, 3.05) is 20.0 Å². The highest BCUT2D eigenvalue weighted by atomic mass is 32.2. The van der Waals surface area contributed by atoms with Gasteiger partial charge in [0.1, 0.15) is 11.5 Å². The summed E-state index contributed by atoms with van der Waals surface area (Å²) in [6, 6.07) is 9.10. The number of ether oxygens (including phenoxy) is 2. The Morgan fingerprint density at radius 3 is 2.61 bits per heavy atom. The fourth-order valence-electron chi connectivity index (χ4n) is 3.20. The number of aromatic nitrogens is 4. The number of thioether (sulfide) groups is 1. The van der Waals surface area contributed by atoms with Crippen molar-refractivity contribution in [3.8, 4) is 22.9 Å². The van der Waals surface area contributed by atoms with Gasteiger partial charge in [0.05, 0.1) is 26.0 Å². The molecule has 1 N–H and O–H groups in total. The van der Waals surface area contributed by atoms with Gasteiger partial charge in [0.15, 0.2) is 11.0 Å². The fraction of sp³-hybridized carbons (Fsp3) is 0.364. The van der Waals surface area contributed by atoms with Gasteiger partial charge < -0.3 is 19.4 Å². The first-order chi connectivity index (χ1) is 15.1. The standard InChI is InChI=1S/C22H27N5O3S/c1-5-12-27-21(16-8-10-23-11-9-16)25-26-22(27)31-14-20(28)24-15(2)18-13-17(29-3)6-7-19(18)30-4/h6-11,13,15H,5,12,14H2,1-4H3,(H,24,28). The third-order valence-corrected chi connectivity index (χ3v) is 5.68. The SMILES string of the molecule is CCCn1c(SCC(=O)NC(C)c2cc(OC)ccc2OC)nnc1-c1ccncc1. The summed E-state index contributed by atoms with van der Waals surface area (Å²) < 4.78 is 12.8. The molecular formula is C22H27N5O3S. The Morgan fingerprint density at radius 2 is 1.94 bits per heavy atom. The number of benzene rings is 1. The van der Waals surface area contributed by atoms with Crippen molar-refractivity contribution < 1.29 is 14.3 Å². The molecule has 0 fully saturated rings. The Morgan fingerprint density at radius 1 is 1.16 bits per heavy atom. The van der Waals surface area contributed by atoms with Crippen LogP contribution in [0.1, 0.15) is 31.9 Å². The second kappa shape index (κ2) is 10.8. The van der Waals surface area contributed by atoms with E-state index in [1.165, 1.54) is 11.8 Å². The molecule has 2 aromatic heterocycles. The smallest absolute Gasteiger partial charge is 0.230 e. The number of hydrogen-bond donors (Lipinski definition) is 1. The van der Waals surface area contributed by atoms with E-state index < -0.39 is 0 Å². The summed E-state index contributed by atoms with van der Waals surface area (Å²) in [6.45, 7) is 4.79. The van der Waals surface area contributed by atoms with E-state index in [2.05, 4.69) is 27.4 Å². The molecule has 31 heavy (non-hydrogen) atoms. The summed E-state index contributed by atoms with van der Waals surface area (Å²) in [4.78, 5) is 16.7. The molecular weight excluding hydrogens is 414 g/mol. The predicted molar refractivity (Wildman–Crippen MR) is 120 cm³/mol. The van der Waals surface area contributed by atoms with E-state index >= 15 is 0 Å². The molecule has 1 atom stereocenters. The molecule has 1 amide bonds. The molecule has 1 aromatic carbocycles. The molecule has 3 rings (SSSR count). The van der Waals surface area contributed by atoms with Crippen LogP contribution in [-0.4, -0.2) is 45.6 Å². The van der Waals surface area contributed by atoms with Gasteiger partial charge in [-0.3, -0.25) is 9.78 Å². The van der Waals surface area contributed by atoms with Gasteiger partial charge in [0.25, 0.3) is 0 Å². The van der Waals surface area contributed by atoms with Gasteiger partial charge >= 0.3 is 0 Å². The zero-order valence-corrected chi connectivity index (χ0v) is 19.0. The molecule has 0 aliphatic carbocycles. The Hall–Kier alpha value is -3.07. The van der Waals surface area contributed by atoms with Crippen molar-refractivity contribution >= 4 is 17.7 Å². The summed E-state index contributed by atoms with van der Waals surface area (Å²) >= 11 is 1.37. The number of nitrogens with zero attached hydrogens (tertiary/aromatic N) is 4. The maximum absolute atomic E-state index is 12.6. The number of carbonyl (C=O) groups excluding carboxylic acids is 1. The Balaban J connectivity index is 1.68. The van der Waals surface area contributed by atoms with E-state index in [0.29, 0.717) is 11.5 Å². The normalized spacial score (nSPS) is 11.7. The van der Waals surface area contributed by atoms with Gasteiger partial charge in [-0.05, 0) is 43.7 Å². The summed E-state index contributed by atoms with van der Waals surface area (Å²) in [7, 11) is 3.22. The van der Waals surface area contributed by atoms with Gasteiger partial charge in [-0.15, -0.1) is 10.2 Å². The minimum absolute atomic E-state index is 0.0983. The third kappa shape index (κ3) is 5.55. The summed E-state index contributed by atoms with van der Waals surface area (Å²) in [6.07, 6.45) is 4.39. The molecule has 2 heterocycles. The van der Waals surface area contributed by atoms with Crippen LogP contribution in [-0.2, 0) is 11.3 Å². The monoisotopic (exact) mass is 441 g/mol. The van der Waals surface area contributed by atoms with E-state index in [0.717, 1.165) is 35.1 Å². The first-order valence-electron chi connectivity index (χ1n) is 10.0. The highest BCUT2D eigenvalue weighted by Gasteiger charge is 2.18. The van der Waals surface area contributed by atoms with Gasteiger partial charge in [-0.25, -0.2) is 0 Å². The van der Waals surface area contributed by atoms with E-state index in [1.54, 1.807) is 26.6 Å². The van der Waals surface area contributed by atoms with Crippen molar-refractivity contribution in [2.45, 2.75) is 38.0 Å². The number of carbonyl (C=O) groups is 1. The van der Waals surface area contributed by atoms with E-state index in [-0.39, 0.29) is 17.7 Å². The largest absolute Gasteiger partial charge is 0.497 e. The molecule has 0 aliphatic heterocycles. The zero-order chi connectivity index (χ0) is 22.2. The Labute approximate surface area is 186 Å². The molecule has 8 nitrogen and oxygen atoms in total. The van der Waals surface area contributed by atoms with E-state index in [4.69, 9.17) is 9.47 Å². The van der Waals surface area contributed by atoms with Crippen LogP contribution in [0.3, 0.4) is 0 Å². The highest BCUT2D eigenvalue weighted by Crippen LogP contribution is 2.29. The molecule has 1 unspecified atom stereocenters. The molecule has 3 aromatic rings. The lowest BCUT2D eigenvalue weighted by molar-refractivity contribution is -0.119. The maximum Gasteiger partial charge on any atom is 0.230 e. The maximum atomic E-state index is 12.6. The molecule has 0 spiro atoms. The topological polar surface area (TPSA) is 91.2 Å². The van der Waals surface area contributed by atoms with Gasteiger partial charge in [0.2, 0.25) is 5.91 Å². The number of hydrogen-bond acceptors (Lipinski definition) is 7. The molecule has 0 saturated carbocycles. The Bertz CT molecular complexity index is 1010. The number of rotatable bonds is 10. The van der Waals surface area contributed by atoms with Crippen LogP contribution >= 0.6 is 11.8 Å². The summed E-state index contributed by atoms with van der Waals surface area (Å²) in [5, 5.41) is 12.4. The van der Waals surface area contributed by atoms with Crippen LogP contribution in [0.5, 0.6) is 11.5 Å². The van der Waals surface area contributed by atoms with Gasteiger partial charge in [-0.1, -0.05) is 18.7 Å². The summed E-state index contributed by atoms with van der Waals surface area (Å²) in [5.41, 5.74) is 1.81.